The Balaban J connectivity index is 1.65. The lowest BCUT2D eigenvalue weighted by Gasteiger charge is -2.42. The van der Waals surface area contributed by atoms with Gasteiger partial charge in [0.15, 0.2) is 6.10 Å². The fraction of sp³-hybridized carbons (Fsp3) is 0.571. The van der Waals surface area contributed by atoms with Crippen molar-refractivity contribution >= 4 is 23.5 Å². The molecule has 198 valence electrons. The number of hydrogen-bond acceptors (Lipinski definition) is 6. The number of carbonyl (C=O) groups excluding carboxylic acids is 1. The number of rotatable bonds is 12. The molecule has 0 saturated heterocycles. The molecule has 36 heavy (non-hydrogen) atoms. The first-order chi connectivity index (χ1) is 17.2. The number of benzene rings is 1. The summed E-state index contributed by atoms with van der Waals surface area (Å²) in [5.41, 5.74) is 1.15. The van der Waals surface area contributed by atoms with Gasteiger partial charge in [-0.25, -0.2) is 4.79 Å². The van der Waals surface area contributed by atoms with Gasteiger partial charge in [-0.1, -0.05) is 43.7 Å². The number of aliphatic carboxylic acids is 1. The second-order valence-electron chi connectivity index (χ2n) is 9.85. The summed E-state index contributed by atoms with van der Waals surface area (Å²) in [6.07, 6.45) is 6.29. The molecule has 0 fully saturated rings. The van der Waals surface area contributed by atoms with Gasteiger partial charge in [0.05, 0.1) is 18.6 Å². The average Bonchev–Trinajstić information content (AvgIpc) is 2.82. The molecule has 1 aromatic rings. The van der Waals surface area contributed by atoms with E-state index in [0.29, 0.717) is 36.5 Å². The fourth-order valence-electron chi connectivity index (χ4n) is 5.26. The molecule has 0 heterocycles. The van der Waals surface area contributed by atoms with Gasteiger partial charge in [-0.3, -0.25) is 4.79 Å². The highest BCUT2D eigenvalue weighted by atomic mass is 35.5. The molecule has 8 heteroatoms. The molecule has 2 aliphatic carbocycles. The molecule has 0 saturated carbocycles. The molecular formula is C28H37ClO7. The molecule has 0 radical (unpaired) electrons. The maximum absolute atomic E-state index is 13.1. The number of aliphatic hydroxyl groups is 2. The highest BCUT2D eigenvalue weighted by Crippen LogP contribution is 2.44. The smallest absolute Gasteiger partial charge is 0.347 e. The molecule has 3 N–H and O–H groups in total. The maximum Gasteiger partial charge on any atom is 0.347 e. The van der Waals surface area contributed by atoms with E-state index in [4.69, 9.17) is 26.2 Å². The van der Waals surface area contributed by atoms with Gasteiger partial charge in [0.25, 0.3) is 0 Å². The summed E-state index contributed by atoms with van der Waals surface area (Å²) >= 11 is 5.94. The lowest BCUT2D eigenvalue weighted by atomic mass is 9.66. The van der Waals surface area contributed by atoms with Crippen molar-refractivity contribution in [1.82, 2.24) is 0 Å². The number of ether oxygens (including phenoxy) is 2. The van der Waals surface area contributed by atoms with Crippen molar-refractivity contribution in [1.29, 1.82) is 0 Å². The number of halogens is 1. The summed E-state index contributed by atoms with van der Waals surface area (Å²) in [6, 6.07) is 6.87. The van der Waals surface area contributed by atoms with Crippen LogP contribution >= 0.6 is 11.6 Å². The van der Waals surface area contributed by atoms with Crippen LogP contribution < -0.4 is 4.74 Å². The zero-order chi connectivity index (χ0) is 26.2. The fourth-order valence-corrected chi connectivity index (χ4v) is 5.38. The van der Waals surface area contributed by atoms with E-state index in [-0.39, 0.29) is 36.7 Å². The highest BCUT2D eigenvalue weighted by Gasteiger charge is 2.40. The predicted molar refractivity (Wildman–Crippen MR) is 137 cm³/mol. The van der Waals surface area contributed by atoms with Gasteiger partial charge in [0, 0.05) is 10.9 Å². The van der Waals surface area contributed by atoms with Gasteiger partial charge >= 0.3 is 11.9 Å². The van der Waals surface area contributed by atoms with Crippen LogP contribution in [-0.2, 0) is 14.3 Å². The topological polar surface area (TPSA) is 113 Å². The van der Waals surface area contributed by atoms with Crippen LogP contribution in [0.5, 0.6) is 5.75 Å². The van der Waals surface area contributed by atoms with Crippen LogP contribution in [0.4, 0.5) is 0 Å². The van der Waals surface area contributed by atoms with Crippen molar-refractivity contribution < 1.29 is 34.4 Å². The lowest BCUT2D eigenvalue weighted by Crippen LogP contribution is -2.42. The van der Waals surface area contributed by atoms with Crippen molar-refractivity contribution in [3.05, 3.63) is 53.1 Å². The zero-order valence-corrected chi connectivity index (χ0v) is 21.6. The average molecular weight is 521 g/mol. The van der Waals surface area contributed by atoms with E-state index in [0.717, 1.165) is 12.0 Å². The lowest BCUT2D eigenvalue weighted by molar-refractivity contribution is -0.162. The Kier molecular flexibility index (Phi) is 10.4. The first-order valence-corrected chi connectivity index (χ1v) is 13.1. The van der Waals surface area contributed by atoms with Gasteiger partial charge < -0.3 is 24.8 Å². The Morgan fingerprint density at radius 3 is 2.56 bits per heavy atom. The zero-order valence-electron chi connectivity index (χ0n) is 20.9. The third-order valence-corrected chi connectivity index (χ3v) is 7.38. The number of esters is 1. The van der Waals surface area contributed by atoms with E-state index in [2.05, 4.69) is 25.2 Å². The molecule has 0 aromatic heterocycles. The number of fused-ring (bicyclic) bond motifs is 1. The van der Waals surface area contributed by atoms with E-state index >= 15 is 0 Å². The standard InChI is InChI=1S/C28H37ClO7/c1-3-24(35-22-12-9-19(29)10-13-22)28(34)36-25-6-4-5-18-8-7-17(2)23(27(18)25)14-11-20(30)15-21(31)16-26(32)33/h5,7-10,12-13,17,20-21,23-25,27,30-31H,3-4,6,11,14-16H2,1-2H3,(H,32,33). The molecule has 7 atom stereocenters. The molecular weight excluding hydrogens is 484 g/mol. The molecule has 7 nitrogen and oxygen atoms in total. The van der Waals surface area contributed by atoms with E-state index < -0.39 is 30.3 Å². The highest BCUT2D eigenvalue weighted by molar-refractivity contribution is 6.30. The monoisotopic (exact) mass is 520 g/mol. The van der Waals surface area contributed by atoms with Gasteiger partial charge in [0.1, 0.15) is 11.9 Å². The molecule has 0 spiro atoms. The molecule has 3 rings (SSSR count). The summed E-state index contributed by atoms with van der Waals surface area (Å²) in [6.45, 7) is 4.00. The van der Waals surface area contributed by atoms with Crippen LogP contribution in [0.25, 0.3) is 0 Å². The quantitative estimate of drug-likeness (QED) is 0.335. The predicted octanol–water partition coefficient (Wildman–Crippen LogP) is 4.93. The van der Waals surface area contributed by atoms with Crippen LogP contribution in [0.15, 0.2) is 48.1 Å². The first kappa shape index (κ1) is 28.2. The molecule has 1 aromatic carbocycles. The van der Waals surface area contributed by atoms with Crippen molar-refractivity contribution in [2.45, 2.75) is 83.2 Å². The Bertz CT molecular complexity index is 942. The molecule has 0 aliphatic heterocycles. The van der Waals surface area contributed by atoms with E-state index in [1.807, 2.05) is 6.92 Å². The SMILES string of the molecule is CCC(Oc1ccc(Cl)cc1)C(=O)OC1CCC=C2C=CC(C)C(CCC(O)CC(O)CC(=O)O)C21. The third kappa shape index (κ3) is 7.82. The minimum atomic E-state index is -1.09. The Labute approximate surface area is 217 Å². The van der Waals surface area contributed by atoms with Crippen molar-refractivity contribution in [2.24, 2.45) is 17.8 Å². The van der Waals surface area contributed by atoms with Crippen LogP contribution in [0.2, 0.25) is 5.02 Å². The van der Waals surface area contributed by atoms with Crippen LogP contribution in [0, 0.1) is 17.8 Å². The molecule has 0 bridgehead atoms. The Morgan fingerprint density at radius 1 is 1.17 bits per heavy atom. The second kappa shape index (κ2) is 13.3. The summed E-state index contributed by atoms with van der Waals surface area (Å²) in [5, 5.41) is 29.7. The van der Waals surface area contributed by atoms with Gasteiger partial charge in [0.2, 0.25) is 0 Å². The maximum atomic E-state index is 13.1. The molecule has 0 amide bonds. The number of aliphatic hydroxyl groups excluding tert-OH is 2. The number of carbonyl (C=O) groups is 2. The molecule has 7 unspecified atom stereocenters. The summed E-state index contributed by atoms with van der Waals surface area (Å²) in [4.78, 5) is 23.9. The van der Waals surface area contributed by atoms with E-state index in [1.165, 1.54) is 0 Å². The number of allylic oxidation sites excluding steroid dienone is 3. The summed E-state index contributed by atoms with van der Waals surface area (Å²) < 4.78 is 12.0. The third-order valence-electron chi connectivity index (χ3n) is 7.13. The van der Waals surface area contributed by atoms with Crippen LogP contribution in [0.1, 0.15) is 58.8 Å². The Morgan fingerprint density at radius 2 is 1.89 bits per heavy atom. The van der Waals surface area contributed by atoms with Crippen molar-refractivity contribution in [3.63, 3.8) is 0 Å². The Hall–Kier alpha value is -2.35. The van der Waals surface area contributed by atoms with E-state index in [9.17, 15) is 19.8 Å². The van der Waals surface area contributed by atoms with Gasteiger partial charge in [-0.2, -0.15) is 0 Å². The summed E-state index contributed by atoms with van der Waals surface area (Å²) in [5.74, 6) is -0.562. The number of carboxylic acids is 1. The normalized spacial score (nSPS) is 25.8. The van der Waals surface area contributed by atoms with Gasteiger partial charge in [-0.05, 0) is 80.2 Å². The minimum Gasteiger partial charge on any atom is -0.481 e. The van der Waals surface area contributed by atoms with Gasteiger partial charge in [-0.15, -0.1) is 0 Å². The van der Waals surface area contributed by atoms with Crippen molar-refractivity contribution in [2.75, 3.05) is 0 Å². The largest absolute Gasteiger partial charge is 0.481 e. The van der Waals surface area contributed by atoms with Crippen LogP contribution in [-0.4, -0.2) is 51.7 Å². The number of hydrogen-bond donors (Lipinski definition) is 3. The first-order valence-electron chi connectivity index (χ1n) is 12.8. The van der Waals surface area contributed by atoms with Crippen LogP contribution in [0.3, 0.4) is 0 Å². The van der Waals surface area contributed by atoms with E-state index in [1.54, 1.807) is 24.3 Å². The summed E-state index contributed by atoms with van der Waals surface area (Å²) in [7, 11) is 0. The molecule has 2 aliphatic rings. The van der Waals surface area contributed by atoms with Crippen molar-refractivity contribution in [3.8, 4) is 5.75 Å². The number of carboxylic acid groups (broad SMARTS) is 1. The minimum absolute atomic E-state index is 0.00637. The second-order valence-corrected chi connectivity index (χ2v) is 10.3.